The van der Waals surface area contributed by atoms with Crippen LogP contribution in [0.5, 0.6) is 0 Å². The number of rotatable bonds is 1. The average Bonchev–Trinajstić information content (AvgIpc) is 2.94. The number of nitrogens with zero attached hydrogens (tertiary/aromatic N) is 3. The lowest BCUT2D eigenvalue weighted by molar-refractivity contribution is 0.0491. The average molecular weight is 303 g/mol. The van der Waals surface area contributed by atoms with Crippen LogP contribution in [-0.4, -0.2) is 46.6 Å². The molecule has 0 radical (unpaired) electrons. The van der Waals surface area contributed by atoms with Gasteiger partial charge in [-0.3, -0.25) is 4.79 Å². The van der Waals surface area contributed by atoms with E-state index < -0.39 is 0 Å². The number of carbonyl (C=O) groups is 1. The topological polar surface area (TPSA) is 58.1 Å². The van der Waals surface area contributed by atoms with Crippen LogP contribution in [0.25, 0.3) is 0 Å². The molecule has 2 aliphatic rings. The molecule has 0 aliphatic carbocycles. The molecule has 2 saturated heterocycles. The minimum absolute atomic E-state index is 0. The molecule has 1 amide bonds. The minimum Gasteiger partial charge on any atom is -0.337 e. The van der Waals surface area contributed by atoms with Crippen LogP contribution in [0.2, 0.25) is 0 Å². The van der Waals surface area contributed by atoms with Gasteiger partial charge in [-0.05, 0) is 55.7 Å². The van der Waals surface area contributed by atoms with E-state index in [0.29, 0.717) is 11.1 Å². The number of piperidine rings is 2. The molecule has 0 unspecified atom stereocenters. The highest BCUT2D eigenvalue weighted by atomic mass is 35.5. The van der Waals surface area contributed by atoms with Gasteiger partial charge in [0.25, 0.3) is 5.91 Å². The van der Waals surface area contributed by atoms with Crippen molar-refractivity contribution in [2.24, 2.45) is 5.41 Å². The van der Waals surface area contributed by atoms with Gasteiger partial charge in [-0.2, -0.15) is 0 Å². The summed E-state index contributed by atoms with van der Waals surface area (Å²) in [5.41, 5.74) is 0.990. The van der Waals surface area contributed by atoms with Crippen molar-refractivity contribution in [2.45, 2.75) is 25.7 Å². The molecule has 1 spiro atoms. The largest absolute Gasteiger partial charge is 0.337 e. The third-order valence-electron chi connectivity index (χ3n) is 4.35. The second-order valence-corrected chi connectivity index (χ2v) is 5.94. The number of nitrogens with one attached hydrogen (secondary N) is 1. The van der Waals surface area contributed by atoms with Gasteiger partial charge in [-0.25, -0.2) is 0 Å². The Bertz CT molecular complexity index is 409. The highest BCUT2D eigenvalue weighted by Crippen LogP contribution is 2.39. The molecule has 0 saturated carbocycles. The molecule has 2 fully saturated rings. The van der Waals surface area contributed by atoms with E-state index >= 15 is 0 Å². The number of likely N-dealkylation sites (tertiary alicyclic amines) is 1. The van der Waals surface area contributed by atoms with Gasteiger partial charge >= 0.3 is 0 Å². The summed E-state index contributed by atoms with van der Waals surface area (Å²) in [5.74, 6) is 0.0486. The number of aromatic nitrogens is 2. The predicted molar refractivity (Wildman–Crippen MR) is 76.8 cm³/mol. The molecule has 3 rings (SSSR count). The van der Waals surface area contributed by atoms with Crippen LogP contribution < -0.4 is 5.32 Å². The Morgan fingerprint density at radius 1 is 1.26 bits per heavy atom. The summed E-state index contributed by atoms with van der Waals surface area (Å²) in [6, 6.07) is 0. The number of amides is 1. The molecule has 2 aliphatic heterocycles. The molecule has 0 aromatic carbocycles. The quantitative estimate of drug-likeness (QED) is 0.855. The van der Waals surface area contributed by atoms with Crippen LogP contribution in [0.1, 0.15) is 36.2 Å². The zero-order valence-electron chi connectivity index (χ0n) is 10.8. The molecule has 0 bridgehead atoms. The standard InChI is InChI=1S/C12H18N4OS.ClH/c17-11(10-9-18-15-14-10)16-7-3-12(4-8-16)1-5-13-6-2-12;/h9,13H,1-8H2;1H. The number of hydrogen-bond acceptors (Lipinski definition) is 5. The van der Waals surface area contributed by atoms with Crippen molar-refractivity contribution in [3.05, 3.63) is 11.1 Å². The molecule has 1 aromatic rings. The van der Waals surface area contributed by atoms with E-state index in [9.17, 15) is 4.79 Å². The minimum atomic E-state index is 0. The highest BCUT2D eigenvalue weighted by molar-refractivity contribution is 7.03. The molecule has 5 nitrogen and oxygen atoms in total. The van der Waals surface area contributed by atoms with Crippen molar-refractivity contribution < 1.29 is 4.79 Å². The third kappa shape index (κ3) is 3.07. The summed E-state index contributed by atoms with van der Waals surface area (Å²) in [6.07, 6.45) is 4.79. The highest BCUT2D eigenvalue weighted by Gasteiger charge is 2.37. The Kier molecular flexibility index (Phi) is 4.76. The van der Waals surface area contributed by atoms with E-state index in [2.05, 4.69) is 14.9 Å². The second kappa shape index (κ2) is 6.15. The van der Waals surface area contributed by atoms with E-state index in [-0.39, 0.29) is 18.3 Å². The number of hydrogen-bond donors (Lipinski definition) is 1. The number of carbonyl (C=O) groups excluding carboxylic acids is 1. The lowest BCUT2D eigenvalue weighted by atomic mass is 9.71. The molecule has 106 valence electrons. The Labute approximate surface area is 123 Å². The van der Waals surface area contributed by atoms with Crippen LogP contribution in [0.4, 0.5) is 0 Å². The predicted octanol–water partition coefficient (Wildman–Crippen LogP) is 1.57. The summed E-state index contributed by atoms with van der Waals surface area (Å²) in [6.45, 7) is 4.00. The fraction of sp³-hybridized carbons (Fsp3) is 0.750. The summed E-state index contributed by atoms with van der Waals surface area (Å²) in [7, 11) is 0. The van der Waals surface area contributed by atoms with Crippen molar-refractivity contribution in [2.75, 3.05) is 26.2 Å². The molecular weight excluding hydrogens is 284 g/mol. The van der Waals surface area contributed by atoms with Crippen molar-refractivity contribution in [3.8, 4) is 0 Å². The van der Waals surface area contributed by atoms with Crippen LogP contribution in [0.3, 0.4) is 0 Å². The maximum Gasteiger partial charge on any atom is 0.275 e. The molecule has 1 aromatic heterocycles. The fourth-order valence-electron chi connectivity index (χ4n) is 3.06. The van der Waals surface area contributed by atoms with Crippen molar-refractivity contribution >= 4 is 29.8 Å². The molecule has 0 atom stereocenters. The SMILES string of the molecule is Cl.O=C(c1csnn1)N1CCC2(CCNCC2)CC1. The van der Waals surface area contributed by atoms with Crippen LogP contribution >= 0.6 is 23.9 Å². The molecular formula is C12H19ClN4OS. The van der Waals surface area contributed by atoms with Crippen LogP contribution in [-0.2, 0) is 0 Å². The summed E-state index contributed by atoms with van der Waals surface area (Å²) in [5, 5.41) is 9.01. The summed E-state index contributed by atoms with van der Waals surface area (Å²) in [4.78, 5) is 14.1. The van der Waals surface area contributed by atoms with E-state index in [0.717, 1.165) is 39.0 Å². The summed E-state index contributed by atoms with van der Waals surface area (Å²) < 4.78 is 3.76. The molecule has 19 heavy (non-hydrogen) atoms. The second-order valence-electron chi connectivity index (χ2n) is 5.33. The lowest BCUT2D eigenvalue weighted by Crippen LogP contribution is -2.47. The first kappa shape index (κ1) is 14.7. The molecule has 3 heterocycles. The van der Waals surface area contributed by atoms with Crippen molar-refractivity contribution in [1.82, 2.24) is 19.8 Å². The maximum atomic E-state index is 12.1. The number of halogens is 1. The van der Waals surface area contributed by atoms with Crippen LogP contribution in [0, 0.1) is 5.41 Å². The first-order chi connectivity index (χ1) is 8.79. The van der Waals surface area contributed by atoms with Gasteiger partial charge in [0.1, 0.15) is 0 Å². The third-order valence-corrected chi connectivity index (χ3v) is 4.86. The van der Waals surface area contributed by atoms with Gasteiger partial charge < -0.3 is 10.2 Å². The first-order valence-corrected chi connectivity index (χ1v) is 7.40. The van der Waals surface area contributed by atoms with E-state index in [1.54, 1.807) is 5.38 Å². The zero-order chi connectivity index (χ0) is 12.4. The monoisotopic (exact) mass is 302 g/mol. The van der Waals surface area contributed by atoms with Crippen molar-refractivity contribution in [1.29, 1.82) is 0 Å². The molecule has 7 heteroatoms. The van der Waals surface area contributed by atoms with E-state index in [4.69, 9.17) is 0 Å². The smallest absolute Gasteiger partial charge is 0.275 e. The van der Waals surface area contributed by atoms with Gasteiger partial charge in [0, 0.05) is 18.5 Å². The molecule has 1 N–H and O–H groups in total. The lowest BCUT2D eigenvalue weighted by Gasteiger charge is -2.44. The normalized spacial score (nSPS) is 22.0. The Hall–Kier alpha value is -0.720. The fourth-order valence-corrected chi connectivity index (χ4v) is 3.49. The Balaban J connectivity index is 0.00000133. The van der Waals surface area contributed by atoms with Gasteiger partial charge in [-0.1, -0.05) is 4.49 Å². The zero-order valence-corrected chi connectivity index (χ0v) is 12.4. The van der Waals surface area contributed by atoms with Gasteiger partial charge in [0.15, 0.2) is 5.69 Å². The van der Waals surface area contributed by atoms with Gasteiger partial charge in [-0.15, -0.1) is 17.5 Å². The maximum absolute atomic E-state index is 12.1. The van der Waals surface area contributed by atoms with Crippen LogP contribution in [0.15, 0.2) is 5.38 Å². The first-order valence-electron chi connectivity index (χ1n) is 6.56. The van der Waals surface area contributed by atoms with Crippen molar-refractivity contribution in [3.63, 3.8) is 0 Å². The van der Waals surface area contributed by atoms with Gasteiger partial charge in [0.05, 0.1) is 0 Å². The summed E-state index contributed by atoms with van der Waals surface area (Å²) >= 11 is 1.24. The van der Waals surface area contributed by atoms with E-state index in [1.807, 2.05) is 4.90 Å². The Morgan fingerprint density at radius 2 is 1.95 bits per heavy atom. The van der Waals surface area contributed by atoms with E-state index in [1.165, 1.54) is 24.4 Å². The Morgan fingerprint density at radius 3 is 2.53 bits per heavy atom. The van der Waals surface area contributed by atoms with Gasteiger partial charge in [0.2, 0.25) is 0 Å².